The number of nitrogens with zero attached hydrogens (tertiary/aromatic N) is 2. The van der Waals surface area contributed by atoms with E-state index < -0.39 is 5.60 Å². The number of hydrogen-bond acceptors (Lipinski definition) is 4. The summed E-state index contributed by atoms with van der Waals surface area (Å²) in [6, 6.07) is 0. The van der Waals surface area contributed by atoms with Crippen LogP contribution in [0.15, 0.2) is 12.4 Å². The van der Waals surface area contributed by atoms with Crippen LogP contribution in [0.5, 0.6) is 0 Å². The number of methoxy groups -OCH3 is 1. The molecule has 1 heterocycles. The third-order valence-corrected chi connectivity index (χ3v) is 2.93. The highest BCUT2D eigenvalue weighted by atomic mass is 16.5. The van der Waals surface area contributed by atoms with Gasteiger partial charge in [0.1, 0.15) is 11.4 Å². The Balaban J connectivity index is 2.48. The van der Waals surface area contributed by atoms with E-state index in [-0.39, 0.29) is 0 Å². The van der Waals surface area contributed by atoms with Crippen LogP contribution in [-0.4, -0.2) is 41.5 Å². The fraction of sp³-hybridized carbons (Fsp3) is 0.769. The summed E-state index contributed by atoms with van der Waals surface area (Å²) in [7, 11) is 1.68. The summed E-state index contributed by atoms with van der Waals surface area (Å²) in [6.07, 6.45) is 5.34. The predicted octanol–water partition coefficient (Wildman–Crippen LogP) is 1.13. The van der Waals surface area contributed by atoms with Gasteiger partial charge in [-0.1, -0.05) is 6.92 Å². The van der Waals surface area contributed by atoms with E-state index >= 15 is 0 Å². The fourth-order valence-electron chi connectivity index (χ4n) is 1.94. The molecule has 0 aliphatic rings. The Morgan fingerprint density at radius 1 is 1.50 bits per heavy atom. The molecular weight excluding hydrogens is 230 g/mol. The van der Waals surface area contributed by atoms with Crippen LogP contribution in [0, 0.1) is 0 Å². The van der Waals surface area contributed by atoms with Crippen LogP contribution in [0.25, 0.3) is 0 Å². The lowest BCUT2D eigenvalue weighted by molar-refractivity contribution is 0.0346. The Labute approximate surface area is 109 Å². The molecular formula is C13H25N3O2. The van der Waals surface area contributed by atoms with Gasteiger partial charge in [-0.15, -0.1) is 0 Å². The zero-order valence-electron chi connectivity index (χ0n) is 11.6. The van der Waals surface area contributed by atoms with Crippen molar-refractivity contribution >= 4 is 0 Å². The molecule has 0 aromatic carbocycles. The number of aliphatic hydroxyl groups is 1. The average molecular weight is 255 g/mol. The number of aromatic nitrogens is 2. The van der Waals surface area contributed by atoms with E-state index in [9.17, 15) is 5.11 Å². The topological polar surface area (TPSA) is 59.3 Å². The quantitative estimate of drug-likeness (QED) is 0.649. The van der Waals surface area contributed by atoms with Crippen LogP contribution in [-0.2, 0) is 16.9 Å². The summed E-state index contributed by atoms with van der Waals surface area (Å²) in [5.74, 6) is 0.748. The SMILES string of the molecule is CCCn1ccnc1C(C)(O)CCNCCOC. The Morgan fingerprint density at radius 2 is 2.28 bits per heavy atom. The van der Waals surface area contributed by atoms with Crippen molar-refractivity contribution in [1.29, 1.82) is 0 Å². The number of ether oxygens (including phenoxy) is 1. The van der Waals surface area contributed by atoms with Gasteiger partial charge in [-0.3, -0.25) is 0 Å². The first-order chi connectivity index (χ1) is 8.61. The van der Waals surface area contributed by atoms with Gasteiger partial charge in [-0.05, 0) is 26.3 Å². The number of hydrogen-bond donors (Lipinski definition) is 2. The molecule has 0 spiro atoms. The van der Waals surface area contributed by atoms with Crippen LogP contribution in [0.2, 0.25) is 0 Å². The van der Waals surface area contributed by atoms with Crippen LogP contribution in [0.4, 0.5) is 0 Å². The van der Waals surface area contributed by atoms with Gasteiger partial charge in [0.2, 0.25) is 0 Å². The molecule has 1 aromatic heterocycles. The van der Waals surface area contributed by atoms with Gasteiger partial charge in [0.05, 0.1) is 6.61 Å². The zero-order valence-corrected chi connectivity index (χ0v) is 11.6. The van der Waals surface area contributed by atoms with Crippen LogP contribution < -0.4 is 5.32 Å². The molecule has 1 aromatic rings. The molecule has 1 unspecified atom stereocenters. The minimum Gasteiger partial charge on any atom is -0.383 e. The van der Waals surface area contributed by atoms with Crippen molar-refractivity contribution in [1.82, 2.24) is 14.9 Å². The standard InChI is InChI=1S/C13H25N3O2/c1-4-9-16-10-7-15-12(16)13(2,17)5-6-14-8-11-18-3/h7,10,14,17H,4-6,8-9,11H2,1-3H3. The van der Waals surface area contributed by atoms with Gasteiger partial charge in [0, 0.05) is 32.6 Å². The van der Waals surface area contributed by atoms with Gasteiger partial charge in [0.15, 0.2) is 0 Å². The minimum absolute atomic E-state index is 0.636. The first-order valence-electron chi connectivity index (χ1n) is 6.55. The summed E-state index contributed by atoms with van der Waals surface area (Å²) in [4.78, 5) is 4.28. The molecule has 0 saturated carbocycles. The molecule has 5 nitrogen and oxygen atoms in total. The van der Waals surface area contributed by atoms with Crippen LogP contribution in [0.3, 0.4) is 0 Å². The highest BCUT2D eigenvalue weighted by Gasteiger charge is 2.27. The predicted molar refractivity (Wildman–Crippen MR) is 71.5 cm³/mol. The van der Waals surface area contributed by atoms with Gasteiger partial charge in [-0.25, -0.2) is 4.98 Å². The van der Waals surface area contributed by atoms with E-state index in [2.05, 4.69) is 17.2 Å². The van der Waals surface area contributed by atoms with Crippen molar-refractivity contribution in [2.75, 3.05) is 26.8 Å². The number of nitrogens with one attached hydrogen (secondary N) is 1. The maximum Gasteiger partial charge on any atom is 0.140 e. The number of rotatable bonds is 9. The highest BCUT2D eigenvalue weighted by Crippen LogP contribution is 2.22. The molecule has 0 amide bonds. The van der Waals surface area contributed by atoms with Crippen molar-refractivity contribution in [2.24, 2.45) is 0 Å². The monoisotopic (exact) mass is 255 g/mol. The lowest BCUT2D eigenvalue weighted by Crippen LogP contribution is -2.32. The number of imidazole rings is 1. The Morgan fingerprint density at radius 3 is 2.94 bits per heavy atom. The molecule has 2 N–H and O–H groups in total. The van der Waals surface area contributed by atoms with Crippen LogP contribution >= 0.6 is 0 Å². The normalized spacial score (nSPS) is 14.7. The second-order valence-electron chi connectivity index (χ2n) is 4.71. The third-order valence-electron chi connectivity index (χ3n) is 2.93. The van der Waals surface area contributed by atoms with Gasteiger partial charge in [0.25, 0.3) is 0 Å². The second kappa shape index (κ2) is 7.51. The molecule has 1 atom stereocenters. The molecule has 0 aliphatic carbocycles. The van der Waals surface area contributed by atoms with Crippen molar-refractivity contribution in [3.63, 3.8) is 0 Å². The summed E-state index contributed by atoms with van der Waals surface area (Å²) in [5.41, 5.74) is -0.890. The molecule has 0 saturated heterocycles. The van der Waals surface area contributed by atoms with Gasteiger partial charge in [-0.2, -0.15) is 0 Å². The van der Waals surface area contributed by atoms with Crippen molar-refractivity contribution in [3.05, 3.63) is 18.2 Å². The fourth-order valence-corrected chi connectivity index (χ4v) is 1.94. The van der Waals surface area contributed by atoms with E-state index in [1.54, 1.807) is 13.3 Å². The molecule has 18 heavy (non-hydrogen) atoms. The third kappa shape index (κ3) is 4.40. The average Bonchev–Trinajstić information content (AvgIpc) is 2.78. The second-order valence-corrected chi connectivity index (χ2v) is 4.71. The zero-order chi connectivity index (χ0) is 13.4. The minimum atomic E-state index is -0.890. The molecule has 0 bridgehead atoms. The lowest BCUT2D eigenvalue weighted by Gasteiger charge is -2.24. The van der Waals surface area contributed by atoms with Gasteiger partial charge >= 0.3 is 0 Å². The molecule has 0 radical (unpaired) electrons. The molecule has 104 valence electrons. The Kier molecular flexibility index (Phi) is 6.32. The lowest BCUT2D eigenvalue weighted by atomic mass is 10.0. The molecule has 0 fully saturated rings. The summed E-state index contributed by atoms with van der Waals surface area (Å²) < 4.78 is 6.98. The largest absolute Gasteiger partial charge is 0.383 e. The first-order valence-corrected chi connectivity index (χ1v) is 6.55. The van der Waals surface area contributed by atoms with Crippen molar-refractivity contribution < 1.29 is 9.84 Å². The Bertz CT molecular complexity index is 337. The van der Waals surface area contributed by atoms with E-state index in [0.29, 0.717) is 13.0 Å². The summed E-state index contributed by atoms with van der Waals surface area (Å²) in [6.45, 7) is 7.06. The van der Waals surface area contributed by atoms with Crippen LogP contribution in [0.1, 0.15) is 32.5 Å². The van der Waals surface area contributed by atoms with E-state index in [4.69, 9.17) is 4.74 Å². The van der Waals surface area contributed by atoms with E-state index in [1.807, 2.05) is 17.7 Å². The smallest absolute Gasteiger partial charge is 0.140 e. The first kappa shape index (κ1) is 15.1. The highest BCUT2D eigenvalue weighted by molar-refractivity contribution is 5.03. The molecule has 1 rings (SSSR count). The maximum absolute atomic E-state index is 10.5. The molecule has 5 heteroatoms. The van der Waals surface area contributed by atoms with Gasteiger partial charge < -0.3 is 19.7 Å². The van der Waals surface area contributed by atoms with Crippen molar-refractivity contribution in [2.45, 2.75) is 38.8 Å². The Hall–Kier alpha value is -0.910. The van der Waals surface area contributed by atoms with E-state index in [0.717, 1.165) is 31.9 Å². The van der Waals surface area contributed by atoms with E-state index in [1.165, 1.54) is 0 Å². The summed E-state index contributed by atoms with van der Waals surface area (Å²) >= 11 is 0. The maximum atomic E-state index is 10.5. The summed E-state index contributed by atoms with van der Waals surface area (Å²) in [5, 5.41) is 13.7. The molecule has 0 aliphatic heterocycles. The van der Waals surface area contributed by atoms with Crippen molar-refractivity contribution in [3.8, 4) is 0 Å². The number of aryl methyl sites for hydroxylation is 1.